The molecule has 0 aliphatic heterocycles. The molecule has 0 aliphatic rings. The summed E-state index contributed by atoms with van der Waals surface area (Å²) in [5.74, 6) is -0.869. The Labute approximate surface area is 103 Å². The quantitative estimate of drug-likeness (QED) is 0.855. The summed E-state index contributed by atoms with van der Waals surface area (Å²) in [6.07, 6.45) is 4.46. The van der Waals surface area contributed by atoms with Gasteiger partial charge in [0, 0.05) is 25.6 Å². The normalized spacial score (nSPS) is 10.1. The van der Waals surface area contributed by atoms with Crippen molar-refractivity contribution in [3.8, 4) is 0 Å². The third kappa shape index (κ3) is 2.22. The fourth-order valence-electron chi connectivity index (χ4n) is 1.47. The van der Waals surface area contributed by atoms with Gasteiger partial charge in [0.15, 0.2) is 0 Å². The van der Waals surface area contributed by atoms with Gasteiger partial charge in [0.25, 0.3) is 5.91 Å². The first-order valence-corrected chi connectivity index (χ1v) is 5.20. The molecular formula is C12H11N3O3. The first-order chi connectivity index (χ1) is 8.59. The highest BCUT2D eigenvalue weighted by atomic mass is 16.4. The molecule has 18 heavy (non-hydrogen) atoms. The van der Waals surface area contributed by atoms with Gasteiger partial charge in [-0.25, -0.2) is 9.78 Å². The number of carbonyl (C=O) groups excluding carboxylic acids is 1. The predicted molar refractivity (Wildman–Crippen MR) is 64.7 cm³/mol. The van der Waals surface area contributed by atoms with Gasteiger partial charge in [0.2, 0.25) is 0 Å². The lowest BCUT2D eigenvalue weighted by molar-refractivity contribution is 0.0696. The first kappa shape index (κ1) is 11.8. The Morgan fingerprint density at radius 2 is 2.06 bits per heavy atom. The number of hydrogen-bond acceptors (Lipinski definition) is 3. The maximum absolute atomic E-state index is 12.0. The summed E-state index contributed by atoms with van der Waals surface area (Å²) >= 11 is 0. The van der Waals surface area contributed by atoms with E-state index in [9.17, 15) is 9.59 Å². The summed E-state index contributed by atoms with van der Waals surface area (Å²) in [7, 11) is 1.58. The van der Waals surface area contributed by atoms with Gasteiger partial charge in [-0.05, 0) is 18.2 Å². The second-order valence-electron chi connectivity index (χ2n) is 3.67. The molecule has 92 valence electrons. The lowest BCUT2D eigenvalue weighted by Crippen LogP contribution is -2.26. The number of aromatic nitrogens is 2. The number of pyridine rings is 1. The molecule has 2 heterocycles. The average molecular weight is 245 g/mol. The van der Waals surface area contributed by atoms with Gasteiger partial charge in [0.05, 0.1) is 11.1 Å². The number of aromatic amines is 1. The predicted octanol–water partition coefficient (Wildman–Crippen LogP) is 1.38. The molecule has 6 nitrogen and oxygen atoms in total. The third-order valence-corrected chi connectivity index (χ3v) is 2.49. The van der Waals surface area contributed by atoms with Crippen LogP contribution in [0.25, 0.3) is 0 Å². The van der Waals surface area contributed by atoms with Crippen LogP contribution in [0.5, 0.6) is 0 Å². The van der Waals surface area contributed by atoms with Gasteiger partial charge in [-0.15, -0.1) is 0 Å². The van der Waals surface area contributed by atoms with E-state index in [0.717, 1.165) is 0 Å². The van der Waals surface area contributed by atoms with Gasteiger partial charge in [-0.1, -0.05) is 0 Å². The number of hydrogen-bond donors (Lipinski definition) is 2. The summed E-state index contributed by atoms with van der Waals surface area (Å²) in [4.78, 5) is 30.7. The van der Waals surface area contributed by atoms with Crippen LogP contribution in [0.15, 0.2) is 36.8 Å². The minimum absolute atomic E-state index is 0.0845. The van der Waals surface area contributed by atoms with E-state index in [2.05, 4.69) is 9.97 Å². The molecule has 0 spiro atoms. The van der Waals surface area contributed by atoms with Crippen LogP contribution >= 0.6 is 0 Å². The second-order valence-corrected chi connectivity index (χ2v) is 3.67. The molecule has 0 fully saturated rings. The van der Waals surface area contributed by atoms with Crippen molar-refractivity contribution in [3.05, 3.63) is 47.9 Å². The van der Waals surface area contributed by atoms with E-state index >= 15 is 0 Å². The number of carboxylic acids is 1. The monoisotopic (exact) mass is 245 g/mol. The number of amides is 1. The summed E-state index contributed by atoms with van der Waals surface area (Å²) in [5, 5.41) is 8.75. The van der Waals surface area contributed by atoms with Crippen LogP contribution in [0.3, 0.4) is 0 Å². The highest BCUT2D eigenvalue weighted by Gasteiger charge is 2.15. The van der Waals surface area contributed by atoms with E-state index in [4.69, 9.17) is 5.11 Å². The number of anilines is 1. The molecule has 0 saturated carbocycles. The number of H-pyrrole nitrogens is 1. The van der Waals surface area contributed by atoms with Gasteiger partial charge < -0.3 is 10.1 Å². The van der Waals surface area contributed by atoms with Crippen molar-refractivity contribution >= 4 is 17.7 Å². The molecule has 0 unspecified atom stereocenters. The summed E-state index contributed by atoms with van der Waals surface area (Å²) in [6, 6.07) is 4.56. The Hall–Kier alpha value is -2.63. The fourth-order valence-corrected chi connectivity index (χ4v) is 1.47. The van der Waals surface area contributed by atoms with Crippen LogP contribution < -0.4 is 4.90 Å². The van der Waals surface area contributed by atoms with Crippen molar-refractivity contribution in [3.63, 3.8) is 0 Å². The van der Waals surface area contributed by atoms with Crippen LogP contribution in [-0.2, 0) is 0 Å². The van der Waals surface area contributed by atoms with E-state index in [1.807, 2.05) is 0 Å². The van der Waals surface area contributed by atoms with Crippen LogP contribution in [0.4, 0.5) is 5.82 Å². The fraction of sp³-hybridized carbons (Fsp3) is 0.0833. The number of nitrogens with one attached hydrogen (secondary N) is 1. The number of carboxylic acid groups (broad SMARTS) is 1. The maximum Gasteiger partial charge on any atom is 0.337 e. The maximum atomic E-state index is 12.0. The highest BCUT2D eigenvalue weighted by Crippen LogP contribution is 2.13. The van der Waals surface area contributed by atoms with E-state index in [1.54, 1.807) is 25.5 Å². The molecular weight excluding hydrogens is 234 g/mol. The zero-order valence-corrected chi connectivity index (χ0v) is 9.62. The topological polar surface area (TPSA) is 86.3 Å². The van der Waals surface area contributed by atoms with Gasteiger partial charge in [-0.2, -0.15) is 0 Å². The van der Waals surface area contributed by atoms with E-state index in [-0.39, 0.29) is 11.5 Å². The Balaban J connectivity index is 2.21. The molecule has 1 amide bonds. The molecule has 0 bridgehead atoms. The van der Waals surface area contributed by atoms with Crippen molar-refractivity contribution in [1.29, 1.82) is 0 Å². The molecule has 0 atom stereocenters. The first-order valence-electron chi connectivity index (χ1n) is 5.20. The molecule has 0 saturated heterocycles. The zero-order valence-electron chi connectivity index (χ0n) is 9.62. The van der Waals surface area contributed by atoms with Crippen LogP contribution in [0.1, 0.15) is 20.7 Å². The number of carbonyl (C=O) groups is 2. The van der Waals surface area contributed by atoms with Crippen molar-refractivity contribution in [2.75, 3.05) is 11.9 Å². The molecule has 2 aromatic rings. The molecule has 0 radical (unpaired) electrons. The van der Waals surface area contributed by atoms with Crippen molar-refractivity contribution in [1.82, 2.24) is 9.97 Å². The van der Waals surface area contributed by atoms with E-state index in [0.29, 0.717) is 11.4 Å². The van der Waals surface area contributed by atoms with Crippen LogP contribution in [0.2, 0.25) is 0 Å². The van der Waals surface area contributed by atoms with Crippen LogP contribution in [0, 0.1) is 0 Å². The van der Waals surface area contributed by atoms with Crippen molar-refractivity contribution < 1.29 is 14.7 Å². The number of nitrogens with zero attached hydrogens (tertiary/aromatic N) is 2. The van der Waals surface area contributed by atoms with E-state index < -0.39 is 5.97 Å². The molecule has 6 heteroatoms. The smallest absolute Gasteiger partial charge is 0.337 e. The van der Waals surface area contributed by atoms with Crippen molar-refractivity contribution in [2.45, 2.75) is 0 Å². The Kier molecular flexibility index (Phi) is 3.09. The molecule has 2 N–H and O–H groups in total. The summed E-state index contributed by atoms with van der Waals surface area (Å²) in [5.41, 5.74) is 0.600. The molecule has 0 aliphatic carbocycles. The average Bonchev–Trinajstić information content (AvgIpc) is 2.91. The third-order valence-electron chi connectivity index (χ3n) is 2.49. The lowest BCUT2D eigenvalue weighted by Gasteiger charge is -2.15. The number of aromatic carboxylic acids is 1. The van der Waals surface area contributed by atoms with Gasteiger partial charge in [-0.3, -0.25) is 9.69 Å². The van der Waals surface area contributed by atoms with Crippen LogP contribution in [-0.4, -0.2) is 34.0 Å². The lowest BCUT2D eigenvalue weighted by atomic mass is 10.2. The van der Waals surface area contributed by atoms with E-state index in [1.165, 1.54) is 23.2 Å². The standard InChI is InChI=1S/C12H11N3O3/c1-15(11(16)8-4-5-13-6-8)10-3-2-9(7-14-10)12(17)18/h2-7,13H,1H3,(H,17,18). The highest BCUT2D eigenvalue weighted by molar-refractivity contribution is 6.05. The van der Waals surface area contributed by atoms with Gasteiger partial charge in [0.1, 0.15) is 5.82 Å². The largest absolute Gasteiger partial charge is 0.478 e. The second kappa shape index (κ2) is 4.70. The SMILES string of the molecule is CN(C(=O)c1cc[nH]c1)c1ccc(C(=O)O)cn1. The van der Waals surface area contributed by atoms with Crippen molar-refractivity contribution in [2.24, 2.45) is 0 Å². The minimum Gasteiger partial charge on any atom is -0.478 e. The summed E-state index contributed by atoms with van der Waals surface area (Å²) in [6.45, 7) is 0. The van der Waals surface area contributed by atoms with Gasteiger partial charge >= 0.3 is 5.97 Å². The molecule has 2 aromatic heterocycles. The minimum atomic E-state index is -1.05. The Morgan fingerprint density at radius 3 is 2.56 bits per heavy atom. The summed E-state index contributed by atoms with van der Waals surface area (Å²) < 4.78 is 0. The molecule has 2 rings (SSSR count). The zero-order chi connectivity index (χ0) is 13.1. The Bertz CT molecular complexity index is 561. The number of rotatable bonds is 3. The Morgan fingerprint density at radius 1 is 1.28 bits per heavy atom. The molecule has 0 aromatic carbocycles.